The number of hydrogen-bond donors (Lipinski definition) is 1. The highest BCUT2D eigenvalue weighted by molar-refractivity contribution is 5.81. The zero-order chi connectivity index (χ0) is 14.0. The summed E-state index contributed by atoms with van der Waals surface area (Å²) in [5, 5.41) is 8.99. The van der Waals surface area contributed by atoms with Crippen molar-refractivity contribution in [3.8, 4) is 0 Å². The summed E-state index contributed by atoms with van der Waals surface area (Å²) >= 11 is 0. The Kier molecular flexibility index (Phi) is 4.48. The van der Waals surface area contributed by atoms with E-state index in [1.165, 1.54) is 0 Å². The first-order chi connectivity index (χ1) is 8.99. The van der Waals surface area contributed by atoms with E-state index >= 15 is 0 Å². The molecule has 0 aromatic carbocycles. The van der Waals surface area contributed by atoms with Crippen molar-refractivity contribution in [1.29, 1.82) is 0 Å². The van der Waals surface area contributed by atoms with Crippen LogP contribution in [0.3, 0.4) is 0 Å². The molecule has 108 valence electrons. The average molecular weight is 267 g/mol. The lowest BCUT2D eigenvalue weighted by atomic mass is 9.86. The third-order valence-electron chi connectivity index (χ3n) is 4.93. The maximum atomic E-state index is 12.4. The Labute approximate surface area is 115 Å². The number of amides is 1. The summed E-state index contributed by atoms with van der Waals surface area (Å²) in [5.41, 5.74) is 0. The van der Waals surface area contributed by atoms with Crippen LogP contribution in [0.2, 0.25) is 0 Å². The molecular weight excluding hydrogens is 242 g/mol. The Balaban J connectivity index is 1.83. The Bertz CT molecular complexity index is 345. The number of piperidine rings is 1. The molecule has 0 spiro atoms. The molecule has 2 rings (SSSR count). The van der Waals surface area contributed by atoms with Crippen LogP contribution in [0.25, 0.3) is 0 Å². The van der Waals surface area contributed by atoms with Crippen LogP contribution in [0.15, 0.2) is 0 Å². The lowest BCUT2D eigenvalue weighted by Gasteiger charge is -2.35. The first kappa shape index (κ1) is 14.4. The maximum absolute atomic E-state index is 12.4. The molecule has 1 aliphatic heterocycles. The van der Waals surface area contributed by atoms with Gasteiger partial charge in [0, 0.05) is 19.0 Å². The summed E-state index contributed by atoms with van der Waals surface area (Å²) in [4.78, 5) is 25.3. The minimum atomic E-state index is -0.742. The van der Waals surface area contributed by atoms with E-state index in [0.717, 1.165) is 38.3 Å². The second-order valence-corrected chi connectivity index (χ2v) is 6.45. The molecular formula is C15H25NO3. The van der Waals surface area contributed by atoms with E-state index in [0.29, 0.717) is 18.8 Å². The first-order valence-electron chi connectivity index (χ1n) is 7.50. The van der Waals surface area contributed by atoms with Crippen molar-refractivity contribution in [1.82, 2.24) is 4.90 Å². The average Bonchev–Trinajstić information content (AvgIpc) is 2.87. The SMILES string of the molecule is CC(C)C1CCN(C(=O)[C@@H]2CC[C@H](C(=O)O)C2)CC1. The summed E-state index contributed by atoms with van der Waals surface area (Å²) in [6.07, 6.45) is 4.14. The van der Waals surface area contributed by atoms with Gasteiger partial charge in [0.15, 0.2) is 0 Å². The molecule has 2 fully saturated rings. The topological polar surface area (TPSA) is 57.6 Å². The predicted molar refractivity (Wildman–Crippen MR) is 72.6 cm³/mol. The third kappa shape index (κ3) is 3.28. The molecule has 0 unspecified atom stereocenters. The van der Waals surface area contributed by atoms with Gasteiger partial charge in [-0.25, -0.2) is 0 Å². The lowest BCUT2D eigenvalue weighted by molar-refractivity contribution is -0.141. The summed E-state index contributed by atoms with van der Waals surface area (Å²) in [6, 6.07) is 0. The molecule has 4 nitrogen and oxygen atoms in total. The van der Waals surface area contributed by atoms with Gasteiger partial charge in [0.25, 0.3) is 0 Å². The van der Waals surface area contributed by atoms with Crippen molar-refractivity contribution in [2.75, 3.05) is 13.1 Å². The van der Waals surface area contributed by atoms with Gasteiger partial charge in [-0.15, -0.1) is 0 Å². The van der Waals surface area contributed by atoms with Gasteiger partial charge >= 0.3 is 5.97 Å². The standard InChI is InChI=1S/C15H25NO3/c1-10(2)11-5-7-16(8-6-11)14(17)12-3-4-13(9-12)15(18)19/h10-13H,3-9H2,1-2H3,(H,18,19)/t12-,13+/m1/s1. The second kappa shape index (κ2) is 5.93. The van der Waals surface area contributed by atoms with Gasteiger partial charge in [-0.05, 0) is 43.9 Å². The number of rotatable bonds is 3. The monoisotopic (exact) mass is 267 g/mol. The van der Waals surface area contributed by atoms with Crippen LogP contribution < -0.4 is 0 Å². The minimum absolute atomic E-state index is 0.0447. The molecule has 1 saturated heterocycles. The number of carbonyl (C=O) groups is 2. The Morgan fingerprint density at radius 3 is 2.11 bits per heavy atom. The Morgan fingerprint density at radius 1 is 1.05 bits per heavy atom. The van der Waals surface area contributed by atoms with Crippen LogP contribution in [0, 0.1) is 23.7 Å². The van der Waals surface area contributed by atoms with Crippen LogP contribution >= 0.6 is 0 Å². The summed E-state index contributed by atoms with van der Waals surface area (Å²) in [7, 11) is 0. The minimum Gasteiger partial charge on any atom is -0.481 e. The van der Waals surface area contributed by atoms with E-state index in [2.05, 4.69) is 13.8 Å². The molecule has 1 N–H and O–H groups in total. The van der Waals surface area contributed by atoms with E-state index in [9.17, 15) is 9.59 Å². The van der Waals surface area contributed by atoms with Crippen molar-refractivity contribution in [2.45, 2.75) is 46.0 Å². The van der Waals surface area contributed by atoms with Crippen molar-refractivity contribution in [3.05, 3.63) is 0 Å². The quantitative estimate of drug-likeness (QED) is 0.854. The summed E-state index contributed by atoms with van der Waals surface area (Å²) in [5.74, 6) is 0.540. The fourth-order valence-electron chi connectivity index (χ4n) is 3.47. The van der Waals surface area contributed by atoms with Crippen molar-refractivity contribution < 1.29 is 14.7 Å². The number of aliphatic carboxylic acids is 1. The fraction of sp³-hybridized carbons (Fsp3) is 0.867. The van der Waals surface area contributed by atoms with Crippen molar-refractivity contribution in [3.63, 3.8) is 0 Å². The van der Waals surface area contributed by atoms with Crippen LogP contribution in [0.5, 0.6) is 0 Å². The fourth-order valence-corrected chi connectivity index (χ4v) is 3.47. The van der Waals surface area contributed by atoms with Crippen LogP contribution in [0.1, 0.15) is 46.0 Å². The normalized spacial score (nSPS) is 28.9. The van der Waals surface area contributed by atoms with Gasteiger partial charge in [0.1, 0.15) is 0 Å². The van der Waals surface area contributed by atoms with E-state index in [4.69, 9.17) is 5.11 Å². The van der Waals surface area contributed by atoms with Crippen LogP contribution in [-0.4, -0.2) is 35.0 Å². The highest BCUT2D eigenvalue weighted by Crippen LogP contribution is 2.34. The highest BCUT2D eigenvalue weighted by atomic mass is 16.4. The van der Waals surface area contributed by atoms with Gasteiger partial charge in [0.05, 0.1) is 5.92 Å². The molecule has 1 heterocycles. The van der Waals surface area contributed by atoms with E-state index in [-0.39, 0.29) is 17.7 Å². The van der Waals surface area contributed by atoms with Gasteiger partial charge in [0.2, 0.25) is 5.91 Å². The highest BCUT2D eigenvalue weighted by Gasteiger charge is 2.36. The maximum Gasteiger partial charge on any atom is 0.306 e. The first-order valence-corrected chi connectivity index (χ1v) is 7.50. The Morgan fingerprint density at radius 2 is 1.63 bits per heavy atom. The second-order valence-electron chi connectivity index (χ2n) is 6.45. The molecule has 0 aromatic rings. The van der Waals surface area contributed by atoms with E-state index in [1.54, 1.807) is 0 Å². The summed E-state index contributed by atoms with van der Waals surface area (Å²) < 4.78 is 0. The van der Waals surface area contributed by atoms with Gasteiger partial charge in [-0.2, -0.15) is 0 Å². The smallest absolute Gasteiger partial charge is 0.306 e. The lowest BCUT2D eigenvalue weighted by Crippen LogP contribution is -2.42. The molecule has 0 aromatic heterocycles. The zero-order valence-electron chi connectivity index (χ0n) is 12.0. The van der Waals surface area contributed by atoms with Gasteiger partial charge in [-0.3, -0.25) is 9.59 Å². The molecule has 2 atom stereocenters. The molecule has 0 bridgehead atoms. The molecule has 1 aliphatic carbocycles. The molecule has 4 heteroatoms. The number of hydrogen-bond acceptors (Lipinski definition) is 2. The molecule has 0 radical (unpaired) electrons. The van der Waals surface area contributed by atoms with E-state index in [1.807, 2.05) is 4.90 Å². The van der Waals surface area contributed by atoms with Crippen molar-refractivity contribution in [2.24, 2.45) is 23.7 Å². The van der Waals surface area contributed by atoms with Crippen LogP contribution in [0.4, 0.5) is 0 Å². The number of nitrogens with zero attached hydrogens (tertiary/aromatic N) is 1. The van der Waals surface area contributed by atoms with Gasteiger partial charge < -0.3 is 10.0 Å². The molecule has 19 heavy (non-hydrogen) atoms. The molecule has 1 amide bonds. The van der Waals surface area contributed by atoms with Crippen molar-refractivity contribution >= 4 is 11.9 Å². The van der Waals surface area contributed by atoms with Gasteiger partial charge in [-0.1, -0.05) is 13.8 Å². The number of carbonyl (C=O) groups excluding carboxylic acids is 1. The van der Waals surface area contributed by atoms with E-state index < -0.39 is 5.97 Å². The molecule has 1 saturated carbocycles. The predicted octanol–water partition coefficient (Wildman–Crippen LogP) is 2.38. The Hall–Kier alpha value is -1.06. The summed E-state index contributed by atoms with van der Waals surface area (Å²) in [6.45, 7) is 6.21. The number of carboxylic acids is 1. The largest absolute Gasteiger partial charge is 0.481 e. The number of carboxylic acid groups (broad SMARTS) is 1. The third-order valence-corrected chi connectivity index (χ3v) is 4.93. The molecule has 2 aliphatic rings. The number of likely N-dealkylation sites (tertiary alicyclic amines) is 1. The van der Waals surface area contributed by atoms with Crippen LogP contribution in [-0.2, 0) is 9.59 Å². The zero-order valence-corrected chi connectivity index (χ0v) is 12.0.